The molecule has 0 N–H and O–H groups in total. The number of amides is 2. The number of benzene rings is 3. The summed E-state index contributed by atoms with van der Waals surface area (Å²) in [6, 6.07) is 28.3. The molecule has 0 saturated carbocycles. The Balaban J connectivity index is 1.36. The molecule has 2 amide bonds. The second-order valence-electron chi connectivity index (χ2n) is 6.91. The Hall–Kier alpha value is -2.76. The Bertz CT molecular complexity index is 1050. The molecule has 4 rings (SSSR count). The molecule has 5 heteroatoms. The highest BCUT2D eigenvalue weighted by Gasteiger charge is 2.34. The average Bonchev–Trinajstić information content (AvgIpc) is 3.04. The number of hydrogen-bond acceptors (Lipinski definition) is 4. The van der Waals surface area contributed by atoms with Gasteiger partial charge in [0.1, 0.15) is 0 Å². The van der Waals surface area contributed by atoms with Crippen LogP contribution in [0.25, 0.3) is 6.08 Å². The van der Waals surface area contributed by atoms with E-state index in [0.717, 1.165) is 35.1 Å². The predicted octanol–water partition coefficient (Wildman–Crippen LogP) is 6.51. The Kier molecular flexibility index (Phi) is 6.72. The second-order valence-corrected chi connectivity index (χ2v) is 9.05. The number of imide groups is 1. The first-order valence-electron chi connectivity index (χ1n) is 9.81. The van der Waals surface area contributed by atoms with E-state index in [1.807, 2.05) is 60.7 Å². The largest absolute Gasteiger partial charge is 0.293 e. The van der Waals surface area contributed by atoms with Crippen LogP contribution in [0.5, 0.6) is 0 Å². The summed E-state index contributed by atoms with van der Waals surface area (Å²) in [4.78, 5) is 29.2. The lowest BCUT2D eigenvalue weighted by atomic mass is 10.1. The van der Waals surface area contributed by atoms with Gasteiger partial charge in [-0.15, -0.1) is 0 Å². The molecule has 0 atom stereocenters. The van der Waals surface area contributed by atoms with Crippen molar-refractivity contribution in [3.05, 3.63) is 101 Å². The van der Waals surface area contributed by atoms with E-state index in [9.17, 15) is 9.59 Å². The molecule has 1 heterocycles. The Labute approximate surface area is 185 Å². The van der Waals surface area contributed by atoms with Crippen molar-refractivity contribution in [2.75, 3.05) is 6.54 Å². The lowest BCUT2D eigenvalue weighted by Gasteiger charge is -2.12. The third kappa shape index (κ3) is 5.23. The highest BCUT2D eigenvalue weighted by Crippen LogP contribution is 2.33. The molecule has 1 aliphatic heterocycles. The summed E-state index contributed by atoms with van der Waals surface area (Å²) in [6.45, 7) is 0.448. The van der Waals surface area contributed by atoms with Gasteiger partial charge in [0.25, 0.3) is 11.1 Å². The van der Waals surface area contributed by atoms with Crippen LogP contribution in [0.4, 0.5) is 4.79 Å². The third-order valence-corrected chi connectivity index (χ3v) is 6.64. The molecule has 1 fully saturated rings. The molecule has 3 aromatic rings. The number of hydrogen-bond donors (Lipinski definition) is 0. The predicted molar refractivity (Wildman–Crippen MR) is 124 cm³/mol. The summed E-state index contributed by atoms with van der Waals surface area (Å²) in [5.74, 6) is -0.194. The van der Waals surface area contributed by atoms with E-state index in [1.54, 1.807) is 17.8 Å². The molecule has 0 aromatic heterocycles. The summed E-state index contributed by atoms with van der Waals surface area (Å²) in [5.41, 5.74) is 2.13. The smallest absolute Gasteiger partial charge is 0.268 e. The number of carbonyl (C=O) groups excluding carboxylic acids is 2. The van der Waals surface area contributed by atoms with Gasteiger partial charge >= 0.3 is 0 Å². The molecule has 30 heavy (non-hydrogen) atoms. The van der Waals surface area contributed by atoms with Crippen molar-refractivity contribution in [1.82, 2.24) is 4.90 Å². The van der Waals surface area contributed by atoms with E-state index < -0.39 is 0 Å². The molecule has 3 aromatic carbocycles. The van der Waals surface area contributed by atoms with Crippen LogP contribution in [0.2, 0.25) is 0 Å². The van der Waals surface area contributed by atoms with Gasteiger partial charge in [-0.25, -0.2) is 0 Å². The number of carbonyl (C=O) groups is 2. The zero-order valence-electron chi connectivity index (χ0n) is 16.4. The second kappa shape index (κ2) is 9.83. The van der Waals surface area contributed by atoms with Crippen molar-refractivity contribution in [3.63, 3.8) is 0 Å². The first-order chi connectivity index (χ1) is 14.7. The van der Waals surface area contributed by atoms with Crippen molar-refractivity contribution >= 4 is 40.7 Å². The summed E-state index contributed by atoms with van der Waals surface area (Å²) in [6.07, 6.45) is 3.42. The molecule has 0 radical (unpaired) electrons. The van der Waals surface area contributed by atoms with Crippen molar-refractivity contribution < 1.29 is 9.59 Å². The first kappa shape index (κ1) is 20.5. The van der Waals surface area contributed by atoms with Crippen molar-refractivity contribution in [2.45, 2.75) is 22.6 Å². The lowest BCUT2D eigenvalue weighted by Crippen LogP contribution is -2.29. The van der Waals surface area contributed by atoms with Crippen LogP contribution in [-0.2, 0) is 11.2 Å². The van der Waals surface area contributed by atoms with Crippen LogP contribution in [0, 0.1) is 0 Å². The molecule has 150 valence electrons. The molecular weight excluding hydrogens is 410 g/mol. The summed E-state index contributed by atoms with van der Waals surface area (Å²) in [5, 5.41) is -0.185. The maximum atomic E-state index is 12.7. The molecule has 1 saturated heterocycles. The fourth-order valence-corrected chi connectivity index (χ4v) is 4.89. The molecule has 3 nitrogen and oxygen atoms in total. The number of thioether (sulfide) groups is 1. The van der Waals surface area contributed by atoms with E-state index in [-0.39, 0.29) is 11.1 Å². The van der Waals surface area contributed by atoms with Gasteiger partial charge in [0.2, 0.25) is 0 Å². The van der Waals surface area contributed by atoms with Gasteiger partial charge in [0.05, 0.1) is 4.91 Å². The monoisotopic (exact) mass is 431 g/mol. The summed E-state index contributed by atoms with van der Waals surface area (Å²) in [7, 11) is 0. The van der Waals surface area contributed by atoms with E-state index in [1.165, 1.54) is 15.4 Å². The Morgan fingerprint density at radius 2 is 1.43 bits per heavy atom. The van der Waals surface area contributed by atoms with Crippen molar-refractivity contribution in [2.24, 2.45) is 0 Å². The minimum atomic E-state index is -0.194. The fourth-order valence-electron chi connectivity index (χ4n) is 3.19. The Morgan fingerprint density at radius 3 is 2.13 bits per heavy atom. The SMILES string of the molecule is O=C1S/C(=C/c2ccc(Sc3ccccc3)cc2)C(=O)N1CCCc1ccccc1. The molecular formula is C25H21NO2S2. The van der Waals surface area contributed by atoms with Gasteiger partial charge in [0.15, 0.2) is 0 Å². The maximum absolute atomic E-state index is 12.7. The van der Waals surface area contributed by atoms with E-state index >= 15 is 0 Å². The van der Waals surface area contributed by atoms with Gasteiger partial charge in [-0.3, -0.25) is 14.5 Å². The van der Waals surface area contributed by atoms with Gasteiger partial charge in [-0.1, -0.05) is 72.4 Å². The zero-order valence-corrected chi connectivity index (χ0v) is 18.0. The minimum absolute atomic E-state index is 0.185. The standard InChI is InChI=1S/C25H21NO2S2/c27-24-23(30-25(28)26(24)17-7-10-19-8-3-1-4-9-19)18-20-13-15-22(16-14-20)29-21-11-5-2-6-12-21/h1-6,8-9,11-16,18H,7,10,17H2/b23-18+. The number of rotatable bonds is 7. The molecule has 0 unspecified atom stereocenters. The van der Waals surface area contributed by atoms with Crippen LogP contribution >= 0.6 is 23.5 Å². The van der Waals surface area contributed by atoms with Crippen LogP contribution < -0.4 is 0 Å². The zero-order chi connectivity index (χ0) is 20.8. The van der Waals surface area contributed by atoms with Gasteiger partial charge in [-0.2, -0.15) is 0 Å². The average molecular weight is 432 g/mol. The molecule has 0 bridgehead atoms. The molecule has 0 aliphatic carbocycles. The fraction of sp³-hybridized carbons (Fsp3) is 0.120. The van der Waals surface area contributed by atoms with Gasteiger partial charge in [-0.05, 0) is 66.1 Å². The number of nitrogens with zero attached hydrogens (tertiary/aromatic N) is 1. The van der Waals surface area contributed by atoms with Crippen LogP contribution in [0.3, 0.4) is 0 Å². The van der Waals surface area contributed by atoms with E-state index in [2.05, 4.69) is 24.3 Å². The summed E-state index contributed by atoms with van der Waals surface area (Å²) >= 11 is 2.72. The van der Waals surface area contributed by atoms with Crippen molar-refractivity contribution in [1.29, 1.82) is 0 Å². The highest BCUT2D eigenvalue weighted by atomic mass is 32.2. The van der Waals surface area contributed by atoms with Crippen LogP contribution in [0.1, 0.15) is 17.5 Å². The quantitative estimate of drug-likeness (QED) is 0.400. The maximum Gasteiger partial charge on any atom is 0.293 e. The van der Waals surface area contributed by atoms with E-state index in [0.29, 0.717) is 11.4 Å². The van der Waals surface area contributed by atoms with Crippen LogP contribution in [0.15, 0.2) is 99.6 Å². The van der Waals surface area contributed by atoms with E-state index in [4.69, 9.17) is 0 Å². The molecule has 0 spiro atoms. The van der Waals surface area contributed by atoms with Crippen LogP contribution in [-0.4, -0.2) is 22.6 Å². The first-order valence-corrected chi connectivity index (χ1v) is 11.4. The molecule has 1 aliphatic rings. The Morgan fingerprint density at radius 1 is 0.800 bits per heavy atom. The van der Waals surface area contributed by atoms with Gasteiger partial charge in [0, 0.05) is 16.3 Å². The topological polar surface area (TPSA) is 37.4 Å². The normalized spacial score (nSPS) is 15.2. The van der Waals surface area contributed by atoms with Crippen molar-refractivity contribution in [3.8, 4) is 0 Å². The third-order valence-electron chi connectivity index (χ3n) is 4.72. The summed E-state index contributed by atoms with van der Waals surface area (Å²) < 4.78 is 0. The highest BCUT2D eigenvalue weighted by molar-refractivity contribution is 8.18. The van der Waals surface area contributed by atoms with Gasteiger partial charge < -0.3 is 0 Å². The lowest BCUT2D eigenvalue weighted by molar-refractivity contribution is -0.122. The number of aryl methyl sites for hydroxylation is 1. The minimum Gasteiger partial charge on any atom is -0.268 e.